The molecule has 0 aromatic carbocycles. The summed E-state index contributed by atoms with van der Waals surface area (Å²) in [6, 6.07) is -4.62. The number of esters is 1. The van der Waals surface area contributed by atoms with E-state index in [1.54, 1.807) is 33.9 Å². The van der Waals surface area contributed by atoms with Crippen LogP contribution in [0.15, 0.2) is 12.2 Å². The number of likely N-dealkylation sites (tertiary alicyclic amines) is 1. The summed E-state index contributed by atoms with van der Waals surface area (Å²) >= 11 is 0. The molecule has 0 bridgehead atoms. The number of nitrogens with one attached hydrogen (secondary N) is 1. The maximum absolute atomic E-state index is 14.4. The average Bonchev–Trinajstić information content (AvgIpc) is 3.69. The first-order chi connectivity index (χ1) is 24.2. The monoisotopic (exact) mass is 731 g/mol. The van der Waals surface area contributed by atoms with Crippen molar-refractivity contribution < 1.29 is 38.3 Å². The van der Waals surface area contributed by atoms with Crippen LogP contribution in [0.4, 0.5) is 0 Å². The van der Waals surface area contributed by atoms with Crippen LogP contribution in [0, 0.1) is 23.7 Å². The Morgan fingerprint density at radius 2 is 1.60 bits per heavy atom. The van der Waals surface area contributed by atoms with Crippen LogP contribution in [0.5, 0.6) is 0 Å². The fraction of sp³-hybridized carbons (Fsp3) is 0.769. The maximum Gasteiger partial charge on any atom is 0.302 e. The lowest BCUT2D eigenvalue weighted by molar-refractivity contribution is -0.157. The van der Waals surface area contributed by atoms with E-state index in [0.717, 1.165) is 24.2 Å². The third-order valence-corrected chi connectivity index (χ3v) is 10.3. The van der Waals surface area contributed by atoms with Crippen LogP contribution in [0.1, 0.15) is 114 Å². The van der Waals surface area contributed by atoms with Gasteiger partial charge in [-0.2, -0.15) is 0 Å². The van der Waals surface area contributed by atoms with Crippen LogP contribution < -0.4 is 5.32 Å². The molecule has 13 nitrogen and oxygen atoms in total. The van der Waals surface area contributed by atoms with Gasteiger partial charge in [0.05, 0.1) is 6.04 Å². The molecule has 1 fully saturated rings. The fourth-order valence-corrected chi connectivity index (χ4v) is 7.49. The van der Waals surface area contributed by atoms with E-state index >= 15 is 0 Å². The fourth-order valence-electron chi connectivity index (χ4n) is 7.49. The Labute approximate surface area is 311 Å². The van der Waals surface area contributed by atoms with Crippen molar-refractivity contribution in [3.05, 3.63) is 12.2 Å². The summed E-state index contributed by atoms with van der Waals surface area (Å²) in [5, 5.41) is 2.80. The molecule has 2 aliphatic heterocycles. The summed E-state index contributed by atoms with van der Waals surface area (Å²) in [7, 11) is 3.06. The van der Waals surface area contributed by atoms with Gasteiger partial charge < -0.3 is 24.8 Å². The molecule has 294 valence electrons. The topological polar surface area (TPSA) is 154 Å². The molecule has 13 heteroatoms. The number of amides is 6. The van der Waals surface area contributed by atoms with Gasteiger partial charge in [-0.25, -0.2) is 0 Å². The lowest BCUT2D eigenvalue weighted by Crippen LogP contribution is -2.62. The summed E-state index contributed by atoms with van der Waals surface area (Å²) in [5.74, 6) is -3.76. The van der Waals surface area contributed by atoms with E-state index in [2.05, 4.69) is 19.2 Å². The number of nitrogens with zero attached hydrogens (tertiary/aromatic N) is 4. The van der Waals surface area contributed by atoms with Gasteiger partial charge in [-0.1, -0.05) is 73.8 Å². The van der Waals surface area contributed by atoms with E-state index in [1.807, 2.05) is 20.8 Å². The Hall–Kier alpha value is -3.77. The Morgan fingerprint density at radius 1 is 0.962 bits per heavy atom. The second-order valence-corrected chi connectivity index (χ2v) is 15.8. The first-order valence-corrected chi connectivity index (χ1v) is 19.1. The SMILES string of the molecule is CCCC[C@@H](C)C[C@@H](C)C(=O)N(C)[C@@H](CC(C)C)C(=O)N[C@H](C(=O)N(C)[C@H](C(=O)N1CCC[C@H]1C(=O)N1C(=O)C=C[C@@H]1C)C(C)C)[C@@H](C)OC(C)=O. The number of ether oxygens (including phenoxy) is 1. The normalized spacial score (nSPS) is 20.7. The number of likely N-dealkylation sites (N-methyl/N-ethyl adjacent to an activating group) is 2. The Kier molecular flexibility index (Phi) is 17.0. The number of hydrogen-bond acceptors (Lipinski definition) is 8. The smallest absolute Gasteiger partial charge is 0.302 e. The first kappa shape index (κ1) is 44.4. The highest BCUT2D eigenvalue weighted by atomic mass is 16.5. The zero-order chi connectivity index (χ0) is 39.6. The molecule has 0 radical (unpaired) electrons. The van der Waals surface area contributed by atoms with Crippen molar-refractivity contribution in [2.75, 3.05) is 20.6 Å². The molecular formula is C39H65N5O8. The number of unbranched alkanes of at least 4 members (excludes halogenated alkanes) is 1. The molecular weight excluding hydrogens is 666 g/mol. The van der Waals surface area contributed by atoms with E-state index in [1.165, 1.54) is 41.7 Å². The maximum atomic E-state index is 14.4. The van der Waals surface area contributed by atoms with Crippen LogP contribution >= 0.6 is 0 Å². The average molecular weight is 732 g/mol. The highest BCUT2D eigenvalue weighted by Crippen LogP contribution is 2.27. The van der Waals surface area contributed by atoms with E-state index < -0.39 is 77.7 Å². The minimum Gasteiger partial charge on any atom is -0.460 e. The van der Waals surface area contributed by atoms with E-state index in [-0.39, 0.29) is 24.3 Å². The van der Waals surface area contributed by atoms with Crippen LogP contribution in [0.2, 0.25) is 0 Å². The largest absolute Gasteiger partial charge is 0.460 e. The van der Waals surface area contributed by atoms with Gasteiger partial charge >= 0.3 is 5.97 Å². The number of hydrogen-bond donors (Lipinski definition) is 1. The van der Waals surface area contributed by atoms with Crippen molar-refractivity contribution in [3.63, 3.8) is 0 Å². The number of rotatable bonds is 18. The molecule has 0 unspecified atom stereocenters. The van der Waals surface area contributed by atoms with Crippen molar-refractivity contribution in [2.45, 2.75) is 150 Å². The highest BCUT2D eigenvalue weighted by Gasteiger charge is 2.46. The molecule has 2 aliphatic rings. The van der Waals surface area contributed by atoms with Gasteiger partial charge in [0.25, 0.3) is 11.8 Å². The number of carbonyl (C=O) groups is 7. The lowest BCUT2D eigenvalue weighted by atomic mass is 9.91. The molecule has 8 atom stereocenters. The minimum atomic E-state index is -1.38. The van der Waals surface area contributed by atoms with Crippen molar-refractivity contribution in [2.24, 2.45) is 23.7 Å². The van der Waals surface area contributed by atoms with Crippen molar-refractivity contribution >= 4 is 41.4 Å². The van der Waals surface area contributed by atoms with Crippen molar-refractivity contribution in [3.8, 4) is 0 Å². The highest BCUT2D eigenvalue weighted by molar-refractivity contribution is 6.06. The summed E-state index contributed by atoms with van der Waals surface area (Å²) in [6.07, 6.45) is 6.99. The summed E-state index contributed by atoms with van der Waals surface area (Å²) < 4.78 is 5.43. The lowest BCUT2D eigenvalue weighted by Gasteiger charge is -2.38. The van der Waals surface area contributed by atoms with Gasteiger partial charge in [-0.15, -0.1) is 0 Å². The molecule has 1 saturated heterocycles. The predicted molar refractivity (Wildman–Crippen MR) is 198 cm³/mol. The Morgan fingerprint density at radius 3 is 2.12 bits per heavy atom. The molecule has 0 aromatic heterocycles. The third-order valence-electron chi connectivity index (χ3n) is 10.3. The molecule has 0 spiro atoms. The van der Waals surface area contributed by atoms with Gasteiger partial charge in [0, 0.05) is 39.6 Å². The van der Waals surface area contributed by atoms with E-state index in [0.29, 0.717) is 31.6 Å². The van der Waals surface area contributed by atoms with Gasteiger partial charge in [-0.05, 0) is 57.3 Å². The number of imide groups is 1. The Bertz CT molecular complexity index is 1330. The molecule has 2 rings (SSSR count). The predicted octanol–water partition coefficient (Wildman–Crippen LogP) is 3.94. The zero-order valence-corrected chi connectivity index (χ0v) is 33.6. The second-order valence-electron chi connectivity index (χ2n) is 15.8. The molecule has 0 aliphatic carbocycles. The van der Waals surface area contributed by atoms with Gasteiger partial charge in [0.15, 0.2) is 0 Å². The third kappa shape index (κ3) is 11.4. The first-order valence-electron chi connectivity index (χ1n) is 19.1. The molecule has 52 heavy (non-hydrogen) atoms. The van der Waals surface area contributed by atoms with Gasteiger partial charge in [-0.3, -0.25) is 38.5 Å². The summed E-state index contributed by atoms with van der Waals surface area (Å²) in [5.41, 5.74) is 0. The van der Waals surface area contributed by atoms with Crippen LogP contribution in [0.3, 0.4) is 0 Å². The summed E-state index contributed by atoms with van der Waals surface area (Å²) in [6.45, 7) is 18.3. The minimum absolute atomic E-state index is 0.0289. The van der Waals surface area contributed by atoms with Crippen LogP contribution in [0.25, 0.3) is 0 Å². The standard InChI is InChI=1S/C39H65N5O8/c1-13-14-16-25(6)22-26(7)36(48)41(11)31(21-23(2)3)35(47)40-33(28(9)52-29(10)45)38(50)42(12)34(24(4)5)39(51)43-20-15-17-30(43)37(49)44-27(8)18-19-32(44)46/h18-19,23-28,30-31,33-34H,13-17,20-22H2,1-12H3,(H,40,47)/t25-,26-,27+,28-,30+,31+,33+,34+/m1/s1. The van der Waals surface area contributed by atoms with Crippen molar-refractivity contribution in [1.82, 2.24) is 24.9 Å². The molecule has 2 heterocycles. The van der Waals surface area contributed by atoms with Crippen LogP contribution in [-0.2, 0) is 38.3 Å². The van der Waals surface area contributed by atoms with E-state index in [4.69, 9.17) is 4.74 Å². The summed E-state index contributed by atoms with van der Waals surface area (Å²) in [4.78, 5) is 99.8. The molecule has 0 aromatic rings. The second kappa shape index (κ2) is 19.9. The van der Waals surface area contributed by atoms with Gasteiger partial charge in [0.1, 0.15) is 30.3 Å². The number of carbonyl (C=O) groups excluding carboxylic acids is 7. The van der Waals surface area contributed by atoms with Crippen molar-refractivity contribution in [1.29, 1.82) is 0 Å². The van der Waals surface area contributed by atoms with Gasteiger partial charge in [0.2, 0.25) is 23.6 Å². The Balaban J connectivity index is 2.38. The zero-order valence-electron chi connectivity index (χ0n) is 33.6. The van der Waals surface area contributed by atoms with Crippen LogP contribution in [-0.4, -0.2) is 118 Å². The molecule has 0 saturated carbocycles. The quantitative estimate of drug-likeness (QED) is 0.164. The van der Waals surface area contributed by atoms with E-state index in [9.17, 15) is 33.6 Å². The molecule has 6 amide bonds. The molecule has 1 N–H and O–H groups in total.